The first kappa shape index (κ1) is 20.0. The fourth-order valence-corrected chi connectivity index (χ4v) is 4.33. The number of H-pyrrole nitrogens is 2. The predicted octanol–water partition coefficient (Wildman–Crippen LogP) is 1.56. The van der Waals surface area contributed by atoms with E-state index in [0.717, 1.165) is 16.8 Å². The van der Waals surface area contributed by atoms with E-state index in [1.165, 1.54) is 11.1 Å². The molecule has 4 amide bonds. The zero-order chi connectivity index (χ0) is 22.6. The van der Waals surface area contributed by atoms with Crippen LogP contribution in [0.25, 0.3) is 22.6 Å². The number of piperazine rings is 1. The van der Waals surface area contributed by atoms with Crippen molar-refractivity contribution in [3.05, 3.63) is 23.9 Å². The van der Waals surface area contributed by atoms with Gasteiger partial charge in [-0.3, -0.25) is 14.7 Å². The number of hydrogen-bond acceptors (Lipinski definition) is 5. The second-order valence-electron chi connectivity index (χ2n) is 8.51. The molecule has 32 heavy (non-hydrogen) atoms. The Kier molecular flexibility index (Phi) is 4.43. The number of fused-ring (bicyclic) bond motifs is 2. The molecule has 0 unspecified atom stereocenters. The third kappa shape index (κ3) is 3.00. The average Bonchev–Trinajstić information content (AvgIpc) is 3.43. The highest BCUT2D eigenvalue weighted by Gasteiger charge is 2.43. The molecule has 0 spiro atoms. The van der Waals surface area contributed by atoms with Crippen LogP contribution in [-0.2, 0) is 15.0 Å². The molecule has 11 nitrogen and oxygen atoms in total. The molecule has 4 heterocycles. The van der Waals surface area contributed by atoms with E-state index in [4.69, 9.17) is 0 Å². The summed E-state index contributed by atoms with van der Waals surface area (Å²) in [6, 6.07) is 3.51. The minimum atomic E-state index is -0.612. The SMILES string of the molecule is CCN1C(=O)C(C)(C)c2cc3[nH]c(-c4[nH]ncc4NC(=O)N4CCNC(=O)C4)nc3cc21. The summed E-state index contributed by atoms with van der Waals surface area (Å²) in [4.78, 5) is 48.1. The summed E-state index contributed by atoms with van der Waals surface area (Å²) in [5, 5.41) is 12.4. The number of nitrogens with one attached hydrogen (secondary N) is 4. The van der Waals surface area contributed by atoms with E-state index in [0.29, 0.717) is 42.4 Å². The zero-order valence-electron chi connectivity index (χ0n) is 18.1. The molecule has 2 aliphatic rings. The fraction of sp³-hybridized carbons (Fsp3) is 0.381. The Morgan fingerprint density at radius 3 is 2.84 bits per heavy atom. The fourth-order valence-electron chi connectivity index (χ4n) is 4.33. The first-order chi connectivity index (χ1) is 15.3. The molecule has 4 N–H and O–H groups in total. The molecule has 11 heteroatoms. The molecule has 0 radical (unpaired) electrons. The molecule has 1 fully saturated rings. The molecule has 5 rings (SSSR count). The van der Waals surface area contributed by atoms with Crippen LogP contribution in [0.5, 0.6) is 0 Å². The highest BCUT2D eigenvalue weighted by molar-refractivity contribution is 6.09. The van der Waals surface area contributed by atoms with Gasteiger partial charge in [0, 0.05) is 19.6 Å². The number of carbonyl (C=O) groups is 3. The van der Waals surface area contributed by atoms with Gasteiger partial charge in [-0.05, 0) is 38.5 Å². The van der Waals surface area contributed by atoms with E-state index in [9.17, 15) is 14.4 Å². The van der Waals surface area contributed by atoms with Gasteiger partial charge in [0.2, 0.25) is 11.8 Å². The van der Waals surface area contributed by atoms with E-state index in [-0.39, 0.29) is 24.4 Å². The molecule has 0 aliphatic carbocycles. The van der Waals surface area contributed by atoms with Crippen LogP contribution in [0.2, 0.25) is 0 Å². The average molecular weight is 436 g/mol. The number of urea groups is 1. The number of imidazole rings is 1. The van der Waals surface area contributed by atoms with Gasteiger partial charge in [-0.1, -0.05) is 0 Å². The lowest BCUT2D eigenvalue weighted by molar-refractivity contribution is -0.123. The maximum atomic E-state index is 12.8. The van der Waals surface area contributed by atoms with Gasteiger partial charge in [0.15, 0.2) is 5.82 Å². The Labute approximate surface area is 183 Å². The van der Waals surface area contributed by atoms with Gasteiger partial charge < -0.3 is 25.4 Å². The molecule has 166 valence electrons. The van der Waals surface area contributed by atoms with Crippen molar-refractivity contribution < 1.29 is 14.4 Å². The number of benzene rings is 1. The van der Waals surface area contributed by atoms with Crippen LogP contribution in [-0.4, -0.2) is 69.1 Å². The van der Waals surface area contributed by atoms with Crippen molar-refractivity contribution in [3.8, 4) is 11.5 Å². The number of anilines is 2. The number of nitrogens with zero attached hydrogens (tertiary/aromatic N) is 4. The van der Waals surface area contributed by atoms with Gasteiger partial charge in [-0.2, -0.15) is 5.10 Å². The number of likely N-dealkylation sites (N-methyl/N-ethyl adjacent to an activating group) is 1. The third-order valence-electron chi connectivity index (χ3n) is 6.10. The minimum Gasteiger partial charge on any atom is -0.353 e. The van der Waals surface area contributed by atoms with Crippen molar-refractivity contribution in [1.82, 2.24) is 30.4 Å². The lowest BCUT2D eigenvalue weighted by Crippen LogP contribution is -2.51. The van der Waals surface area contributed by atoms with Crippen molar-refractivity contribution in [2.75, 3.05) is 36.4 Å². The van der Waals surface area contributed by atoms with E-state index in [1.54, 1.807) is 4.90 Å². The van der Waals surface area contributed by atoms with Crippen LogP contribution in [0.4, 0.5) is 16.2 Å². The summed E-state index contributed by atoms with van der Waals surface area (Å²) >= 11 is 0. The Hall–Kier alpha value is -3.89. The number of rotatable bonds is 3. The molecule has 2 aromatic heterocycles. The molecule has 0 saturated carbocycles. The second kappa shape index (κ2) is 7.08. The summed E-state index contributed by atoms with van der Waals surface area (Å²) in [6.07, 6.45) is 1.50. The molecule has 2 aliphatic heterocycles. The van der Waals surface area contributed by atoms with E-state index < -0.39 is 5.41 Å². The Morgan fingerprint density at radius 2 is 2.09 bits per heavy atom. The topological polar surface area (TPSA) is 139 Å². The van der Waals surface area contributed by atoms with Crippen LogP contribution in [0.15, 0.2) is 18.3 Å². The number of aromatic nitrogens is 4. The van der Waals surface area contributed by atoms with Crippen molar-refractivity contribution in [2.45, 2.75) is 26.2 Å². The number of amides is 4. The largest absolute Gasteiger partial charge is 0.353 e. The van der Waals surface area contributed by atoms with Gasteiger partial charge in [-0.25, -0.2) is 9.78 Å². The van der Waals surface area contributed by atoms with Crippen LogP contribution in [0.3, 0.4) is 0 Å². The molecule has 3 aromatic rings. The summed E-state index contributed by atoms with van der Waals surface area (Å²) in [5.41, 5.74) is 3.69. The quantitative estimate of drug-likeness (QED) is 0.493. The molecule has 0 atom stereocenters. The third-order valence-corrected chi connectivity index (χ3v) is 6.10. The normalized spacial score (nSPS) is 17.6. The summed E-state index contributed by atoms with van der Waals surface area (Å²) in [7, 11) is 0. The highest BCUT2D eigenvalue weighted by Crippen LogP contribution is 2.43. The second-order valence-corrected chi connectivity index (χ2v) is 8.51. The lowest BCUT2D eigenvalue weighted by Gasteiger charge is -2.26. The van der Waals surface area contributed by atoms with Crippen LogP contribution < -0.4 is 15.5 Å². The Bertz CT molecular complexity index is 1260. The lowest BCUT2D eigenvalue weighted by atomic mass is 9.86. The molecule has 0 bridgehead atoms. The van der Waals surface area contributed by atoms with Crippen LogP contribution >= 0.6 is 0 Å². The Morgan fingerprint density at radius 1 is 1.28 bits per heavy atom. The van der Waals surface area contributed by atoms with Gasteiger partial charge in [0.05, 0.1) is 34.0 Å². The van der Waals surface area contributed by atoms with Crippen molar-refractivity contribution in [2.24, 2.45) is 0 Å². The van der Waals surface area contributed by atoms with Crippen LogP contribution in [0.1, 0.15) is 26.3 Å². The van der Waals surface area contributed by atoms with Gasteiger partial charge in [0.1, 0.15) is 12.2 Å². The molecule has 1 saturated heterocycles. The van der Waals surface area contributed by atoms with E-state index in [2.05, 4.69) is 30.8 Å². The maximum Gasteiger partial charge on any atom is 0.322 e. The monoisotopic (exact) mass is 436 g/mol. The number of hydrogen-bond donors (Lipinski definition) is 4. The summed E-state index contributed by atoms with van der Waals surface area (Å²) in [6.45, 7) is 7.26. The number of carbonyl (C=O) groups excluding carboxylic acids is 3. The van der Waals surface area contributed by atoms with Crippen LogP contribution in [0, 0.1) is 0 Å². The standard InChI is InChI=1S/C21H24N8O3/c1-4-29-15-8-13-12(7-11(15)21(2,3)19(29)31)24-18(25-13)17-14(9-23-27-17)26-20(32)28-6-5-22-16(30)10-28/h7-9H,4-6,10H2,1-3H3,(H,22,30)(H,23,27)(H,24,25)(H,26,32). The molecule has 1 aromatic carbocycles. The maximum absolute atomic E-state index is 12.8. The smallest absolute Gasteiger partial charge is 0.322 e. The van der Waals surface area contributed by atoms with Gasteiger partial charge >= 0.3 is 6.03 Å². The Balaban J connectivity index is 1.47. The van der Waals surface area contributed by atoms with Crippen molar-refractivity contribution in [1.29, 1.82) is 0 Å². The first-order valence-electron chi connectivity index (χ1n) is 10.5. The van der Waals surface area contributed by atoms with Gasteiger partial charge in [0.25, 0.3) is 0 Å². The van der Waals surface area contributed by atoms with E-state index >= 15 is 0 Å². The minimum absolute atomic E-state index is 0.0116. The summed E-state index contributed by atoms with van der Waals surface area (Å²) in [5.74, 6) is 0.402. The zero-order valence-corrected chi connectivity index (χ0v) is 18.1. The van der Waals surface area contributed by atoms with Crippen molar-refractivity contribution in [3.63, 3.8) is 0 Å². The molecular formula is C21H24N8O3. The van der Waals surface area contributed by atoms with Crippen molar-refractivity contribution >= 4 is 40.3 Å². The first-order valence-corrected chi connectivity index (χ1v) is 10.5. The summed E-state index contributed by atoms with van der Waals surface area (Å²) < 4.78 is 0. The van der Waals surface area contributed by atoms with E-state index in [1.807, 2.05) is 32.9 Å². The van der Waals surface area contributed by atoms with Gasteiger partial charge in [-0.15, -0.1) is 0 Å². The predicted molar refractivity (Wildman–Crippen MR) is 118 cm³/mol. The highest BCUT2D eigenvalue weighted by atomic mass is 16.2. The molecular weight excluding hydrogens is 412 g/mol. The number of aromatic amines is 2.